The zero-order valence-corrected chi connectivity index (χ0v) is 14.5. The molecule has 8 heteroatoms. The highest BCUT2D eigenvalue weighted by Crippen LogP contribution is 2.31. The molecule has 0 radical (unpaired) electrons. The van der Waals surface area contributed by atoms with Gasteiger partial charge in [0, 0.05) is 16.0 Å². The standard InChI is InChI=1S/C12H12BrClN2O2S2/c1-7-2-9(13)11(4-10(7)14)16-20(17,18)12-3-8(5-15)6-19-12/h2-4,6,16H,5,15H2,1H3. The van der Waals surface area contributed by atoms with Crippen LogP contribution in [0.15, 0.2) is 32.3 Å². The SMILES string of the molecule is Cc1cc(Br)c(NS(=O)(=O)c2cc(CN)cs2)cc1Cl. The van der Waals surface area contributed by atoms with Crippen LogP contribution in [0.4, 0.5) is 5.69 Å². The Kier molecular flexibility index (Phi) is 4.76. The van der Waals surface area contributed by atoms with Gasteiger partial charge in [0.25, 0.3) is 10.0 Å². The third kappa shape index (κ3) is 3.35. The van der Waals surface area contributed by atoms with Crippen molar-refractivity contribution in [1.29, 1.82) is 0 Å². The number of rotatable bonds is 4. The molecule has 0 aliphatic heterocycles. The van der Waals surface area contributed by atoms with Crippen molar-refractivity contribution < 1.29 is 8.42 Å². The topological polar surface area (TPSA) is 72.2 Å². The molecule has 1 heterocycles. The summed E-state index contributed by atoms with van der Waals surface area (Å²) in [5, 5.41) is 2.23. The molecule has 0 aliphatic rings. The molecule has 4 nitrogen and oxygen atoms in total. The van der Waals surface area contributed by atoms with Crippen LogP contribution < -0.4 is 10.5 Å². The number of aryl methyl sites for hydroxylation is 1. The summed E-state index contributed by atoms with van der Waals surface area (Å²) in [5.74, 6) is 0. The Balaban J connectivity index is 2.35. The van der Waals surface area contributed by atoms with Gasteiger partial charge in [-0.1, -0.05) is 11.6 Å². The molecule has 108 valence electrons. The maximum atomic E-state index is 12.3. The molecule has 3 N–H and O–H groups in total. The Morgan fingerprint density at radius 1 is 1.40 bits per heavy atom. The first-order chi connectivity index (χ1) is 9.33. The minimum Gasteiger partial charge on any atom is -0.326 e. The third-order valence-electron chi connectivity index (χ3n) is 2.62. The average molecular weight is 396 g/mol. The van der Waals surface area contributed by atoms with E-state index < -0.39 is 10.0 Å². The van der Waals surface area contributed by atoms with Gasteiger partial charge in [-0.05, 0) is 57.6 Å². The first-order valence-electron chi connectivity index (χ1n) is 5.59. The Hall–Kier alpha value is -0.600. The van der Waals surface area contributed by atoms with Crippen LogP contribution in [0.5, 0.6) is 0 Å². The van der Waals surface area contributed by atoms with Crippen molar-refractivity contribution in [3.63, 3.8) is 0 Å². The Labute approximate surface area is 135 Å². The molecule has 0 saturated carbocycles. The highest BCUT2D eigenvalue weighted by Gasteiger charge is 2.18. The van der Waals surface area contributed by atoms with E-state index >= 15 is 0 Å². The van der Waals surface area contributed by atoms with E-state index in [-0.39, 0.29) is 4.21 Å². The summed E-state index contributed by atoms with van der Waals surface area (Å²) < 4.78 is 27.9. The molecular weight excluding hydrogens is 384 g/mol. The largest absolute Gasteiger partial charge is 0.326 e. The minimum absolute atomic E-state index is 0.224. The second kappa shape index (κ2) is 6.03. The van der Waals surface area contributed by atoms with Gasteiger partial charge in [-0.15, -0.1) is 11.3 Å². The third-order valence-corrected chi connectivity index (χ3v) is 6.54. The Morgan fingerprint density at radius 2 is 2.10 bits per heavy atom. The fourth-order valence-corrected chi connectivity index (χ4v) is 4.67. The summed E-state index contributed by atoms with van der Waals surface area (Å²) in [4.78, 5) is 0. The van der Waals surface area contributed by atoms with Gasteiger partial charge in [-0.2, -0.15) is 0 Å². The van der Waals surface area contributed by atoms with E-state index in [4.69, 9.17) is 17.3 Å². The lowest BCUT2D eigenvalue weighted by molar-refractivity contribution is 0.603. The number of nitrogens with two attached hydrogens (primary N) is 1. The van der Waals surface area contributed by atoms with Gasteiger partial charge >= 0.3 is 0 Å². The number of anilines is 1. The van der Waals surface area contributed by atoms with Crippen molar-refractivity contribution in [2.75, 3.05) is 4.72 Å². The van der Waals surface area contributed by atoms with Crippen LogP contribution in [-0.2, 0) is 16.6 Å². The zero-order chi connectivity index (χ0) is 14.9. The minimum atomic E-state index is -3.63. The predicted molar refractivity (Wildman–Crippen MR) is 86.9 cm³/mol. The monoisotopic (exact) mass is 394 g/mol. The first kappa shape index (κ1) is 15.8. The Morgan fingerprint density at radius 3 is 2.70 bits per heavy atom. The van der Waals surface area contributed by atoms with Gasteiger partial charge in [0.1, 0.15) is 4.21 Å². The van der Waals surface area contributed by atoms with Crippen LogP contribution in [0.2, 0.25) is 5.02 Å². The number of benzene rings is 1. The molecule has 0 bridgehead atoms. The maximum Gasteiger partial charge on any atom is 0.271 e. The number of halogens is 2. The van der Waals surface area contributed by atoms with E-state index in [1.807, 2.05) is 6.92 Å². The molecule has 20 heavy (non-hydrogen) atoms. The second-order valence-electron chi connectivity index (χ2n) is 4.16. The zero-order valence-electron chi connectivity index (χ0n) is 10.5. The fourth-order valence-electron chi connectivity index (χ4n) is 1.52. The van der Waals surface area contributed by atoms with Crippen molar-refractivity contribution in [3.05, 3.63) is 44.2 Å². The number of hydrogen-bond acceptors (Lipinski definition) is 4. The summed E-state index contributed by atoms with van der Waals surface area (Å²) >= 11 is 10.5. The van der Waals surface area contributed by atoms with Crippen LogP contribution >= 0.6 is 38.9 Å². The average Bonchev–Trinajstić information content (AvgIpc) is 2.85. The van der Waals surface area contributed by atoms with Crippen LogP contribution in [-0.4, -0.2) is 8.42 Å². The van der Waals surface area contributed by atoms with Gasteiger partial charge in [0.2, 0.25) is 0 Å². The van der Waals surface area contributed by atoms with Crippen molar-refractivity contribution in [3.8, 4) is 0 Å². The number of thiophene rings is 1. The fraction of sp³-hybridized carbons (Fsp3) is 0.167. The summed E-state index contributed by atoms with van der Waals surface area (Å²) in [7, 11) is -3.63. The van der Waals surface area contributed by atoms with E-state index in [1.54, 1.807) is 23.6 Å². The van der Waals surface area contributed by atoms with Crippen molar-refractivity contribution in [2.45, 2.75) is 17.7 Å². The lowest BCUT2D eigenvalue weighted by Crippen LogP contribution is -2.12. The normalized spacial score (nSPS) is 11.6. The molecule has 0 atom stereocenters. The van der Waals surface area contributed by atoms with Gasteiger partial charge < -0.3 is 5.73 Å². The van der Waals surface area contributed by atoms with Gasteiger partial charge in [-0.25, -0.2) is 8.42 Å². The number of sulfonamides is 1. The molecule has 0 fully saturated rings. The number of nitrogens with one attached hydrogen (secondary N) is 1. The molecule has 2 aromatic rings. The first-order valence-corrected chi connectivity index (χ1v) is 9.13. The summed E-state index contributed by atoms with van der Waals surface area (Å²) in [6, 6.07) is 4.91. The van der Waals surface area contributed by atoms with E-state index in [1.165, 1.54) is 0 Å². The molecule has 0 saturated heterocycles. The van der Waals surface area contributed by atoms with Crippen molar-refractivity contribution >= 4 is 54.6 Å². The number of hydrogen-bond donors (Lipinski definition) is 2. The lowest BCUT2D eigenvalue weighted by atomic mass is 10.2. The summed E-state index contributed by atoms with van der Waals surface area (Å²) in [6.07, 6.45) is 0. The van der Waals surface area contributed by atoms with Crippen LogP contribution in [0.1, 0.15) is 11.1 Å². The quantitative estimate of drug-likeness (QED) is 0.828. The molecule has 1 aromatic carbocycles. The van der Waals surface area contributed by atoms with Crippen molar-refractivity contribution in [2.24, 2.45) is 5.73 Å². The highest BCUT2D eigenvalue weighted by molar-refractivity contribution is 9.10. The van der Waals surface area contributed by atoms with Crippen LogP contribution in [0, 0.1) is 6.92 Å². The van der Waals surface area contributed by atoms with Gasteiger partial charge in [0.15, 0.2) is 0 Å². The summed E-state index contributed by atoms with van der Waals surface area (Å²) in [6.45, 7) is 2.16. The van der Waals surface area contributed by atoms with Gasteiger partial charge in [-0.3, -0.25) is 4.72 Å². The van der Waals surface area contributed by atoms with E-state index in [2.05, 4.69) is 20.7 Å². The molecular formula is C12H12BrClN2O2S2. The smallest absolute Gasteiger partial charge is 0.271 e. The van der Waals surface area contributed by atoms with E-state index in [0.29, 0.717) is 21.7 Å². The molecule has 0 amide bonds. The molecule has 0 aliphatic carbocycles. The predicted octanol–water partition coefficient (Wildman–Crippen LogP) is 3.73. The van der Waals surface area contributed by atoms with Crippen LogP contribution in [0.3, 0.4) is 0 Å². The van der Waals surface area contributed by atoms with Crippen LogP contribution in [0.25, 0.3) is 0 Å². The van der Waals surface area contributed by atoms with E-state index in [0.717, 1.165) is 22.5 Å². The second-order valence-corrected chi connectivity index (χ2v) is 8.25. The molecule has 1 aromatic heterocycles. The summed E-state index contributed by atoms with van der Waals surface area (Å²) in [5.41, 5.74) is 7.54. The molecule has 0 spiro atoms. The lowest BCUT2D eigenvalue weighted by Gasteiger charge is -2.10. The maximum absolute atomic E-state index is 12.3. The molecule has 2 rings (SSSR count). The van der Waals surface area contributed by atoms with Gasteiger partial charge in [0.05, 0.1) is 5.69 Å². The molecule has 0 unspecified atom stereocenters. The van der Waals surface area contributed by atoms with E-state index in [9.17, 15) is 8.42 Å². The Bertz CT molecular complexity index is 744. The highest BCUT2D eigenvalue weighted by atomic mass is 79.9. The van der Waals surface area contributed by atoms with Crippen molar-refractivity contribution in [1.82, 2.24) is 0 Å².